The number of hydrogen-bond donors (Lipinski definition) is 3. The van der Waals surface area contributed by atoms with E-state index in [2.05, 4.69) is 16.0 Å². The van der Waals surface area contributed by atoms with Gasteiger partial charge in [-0.25, -0.2) is 9.18 Å². The minimum absolute atomic E-state index is 0.0262. The maximum atomic E-state index is 13.9. The molecule has 2 aromatic rings. The van der Waals surface area contributed by atoms with Crippen LogP contribution in [0, 0.1) is 5.82 Å². The highest BCUT2D eigenvalue weighted by Gasteiger charge is 2.43. The summed E-state index contributed by atoms with van der Waals surface area (Å²) in [7, 11) is 0. The molecule has 0 radical (unpaired) electrons. The van der Waals surface area contributed by atoms with Gasteiger partial charge >= 0.3 is 5.97 Å². The van der Waals surface area contributed by atoms with Crippen LogP contribution in [0.5, 0.6) is 0 Å². The summed E-state index contributed by atoms with van der Waals surface area (Å²) in [5, 5.41) is 8.40. The molecule has 0 saturated carbocycles. The van der Waals surface area contributed by atoms with Crippen LogP contribution in [0.25, 0.3) is 0 Å². The molecule has 4 atom stereocenters. The number of rotatable bonds is 9. The lowest BCUT2D eigenvalue weighted by Gasteiger charge is -2.36. The molecule has 4 rings (SSSR count). The molecule has 2 heterocycles. The average molecular weight is 595 g/mol. The Bertz CT molecular complexity index is 1340. The van der Waals surface area contributed by atoms with Gasteiger partial charge in [-0.2, -0.15) is 0 Å². The van der Waals surface area contributed by atoms with E-state index in [0.29, 0.717) is 43.4 Å². The average Bonchev–Trinajstić information content (AvgIpc) is 3.49. The highest BCUT2D eigenvalue weighted by atomic mass is 19.1. The molecule has 2 fully saturated rings. The Balaban J connectivity index is 1.48. The maximum Gasteiger partial charge on any atom is 0.338 e. The van der Waals surface area contributed by atoms with E-state index in [1.165, 1.54) is 23.1 Å². The van der Waals surface area contributed by atoms with E-state index >= 15 is 0 Å². The molecular weight excluding hydrogens is 555 g/mol. The van der Waals surface area contributed by atoms with E-state index in [1.807, 2.05) is 0 Å². The van der Waals surface area contributed by atoms with Crippen LogP contribution in [-0.2, 0) is 30.3 Å². The number of carbonyl (C=O) groups is 5. The van der Waals surface area contributed by atoms with Crippen LogP contribution in [0.3, 0.4) is 0 Å². The molecule has 0 aromatic heterocycles. The first-order chi connectivity index (χ1) is 20.6. The number of nitrogens with zero attached hydrogens (tertiary/aromatic N) is 1. The first-order valence-corrected chi connectivity index (χ1v) is 14.8. The van der Waals surface area contributed by atoms with Crippen molar-refractivity contribution in [3.05, 3.63) is 71.5 Å². The molecule has 0 spiro atoms. The number of amides is 4. The number of carbonyl (C=O) groups excluding carboxylic acids is 5. The van der Waals surface area contributed by atoms with Gasteiger partial charge in [0.05, 0.1) is 12.2 Å². The molecule has 43 heavy (non-hydrogen) atoms. The largest absolute Gasteiger partial charge is 0.462 e. The van der Waals surface area contributed by atoms with Gasteiger partial charge < -0.3 is 25.6 Å². The topological polar surface area (TPSA) is 134 Å². The van der Waals surface area contributed by atoms with Crippen LogP contribution in [0.15, 0.2) is 54.6 Å². The first kappa shape index (κ1) is 31.7. The summed E-state index contributed by atoms with van der Waals surface area (Å²) in [6.07, 6.45) is 2.39. The number of esters is 1. The minimum Gasteiger partial charge on any atom is -0.462 e. The van der Waals surface area contributed by atoms with Crippen LogP contribution in [0.4, 0.5) is 4.39 Å². The molecule has 2 aliphatic rings. The standard InChI is InChI=1S/C32H39FN4O6/c1-3-32(2)31(42)35-25(20-21-11-9-14-23(33)19-21)29(40)37-17-10-16-26(37)28(39)34-24(27(38)36-32)15-7-8-18-43-30(41)22-12-5-4-6-13-22/h4-6,9,11-14,19,24-26H,3,7-8,10,15-18,20H2,1-2H3,(H,34,39)(H,35,42)(H,36,38)/t24-,25-,26+,32-/m0/s1. The summed E-state index contributed by atoms with van der Waals surface area (Å²) in [5.41, 5.74) is -0.419. The maximum absolute atomic E-state index is 13.9. The second-order valence-corrected chi connectivity index (χ2v) is 11.3. The van der Waals surface area contributed by atoms with Crippen LogP contribution >= 0.6 is 0 Å². The Morgan fingerprint density at radius 1 is 1.00 bits per heavy atom. The fourth-order valence-corrected chi connectivity index (χ4v) is 5.39. The number of halogens is 1. The predicted molar refractivity (Wildman–Crippen MR) is 156 cm³/mol. The number of hydrogen-bond acceptors (Lipinski definition) is 6. The number of benzene rings is 2. The first-order valence-electron chi connectivity index (χ1n) is 14.8. The molecule has 2 aromatic carbocycles. The quantitative estimate of drug-likeness (QED) is 0.302. The lowest BCUT2D eigenvalue weighted by molar-refractivity contribution is -0.144. The summed E-state index contributed by atoms with van der Waals surface area (Å²) < 4.78 is 19.2. The van der Waals surface area contributed by atoms with E-state index in [4.69, 9.17) is 4.74 Å². The second kappa shape index (κ2) is 14.3. The highest BCUT2D eigenvalue weighted by molar-refractivity contribution is 5.99. The van der Waals surface area contributed by atoms with Gasteiger partial charge in [-0.1, -0.05) is 37.3 Å². The van der Waals surface area contributed by atoms with Crippen molar-refractivity contribution in [2.24, 2.45) is 0 Å². The van der Waals surface area contributed by atoms with Crippen molar-refractivity contribution >= 4 is 29.6 Å². The zero-order valence-electron chi connectivity index (χ0n) is 24.6. The lowest BCUT2D eigenvalue weighted by atomic mass is 9.94. The van der Waals surface area contributed by atoms with Crippen molar-refractivity contribution < 1.29 is 33.1 Å². The van der Waals surface area contributed by atoms with Gasteiger partial charge in [-0.3, -0.25) is 19.2 Å². The van der Waals surface area contributed by atoms with Gasteiger partial charge in [0.1, 0.15) is 29.5 Å². The number of ether oxygens (including phenoxy) is 1. The Morgan fingerprint density at radius 2 is 1.77 bits per heavy atom. The Morgan fingerprint density at radius 3 is 2.49 bits per heavy atom. The lowest BCUT2D eigenvalue weighted by Crippen LogP contribution is -2.65. The zero-order valence-corrected chi connectivity index (χ0v) is 24.6. The van der Waals surface area contributed by atoms with Gasteiger partial charge in [-0.05, 0) is 75.3 Å². The summed E-state index contributed by atoms with van der Waals surface area (Å²) in [5.74, 6) is -2.86. The fourth-order valence-electron chi connectivity index (χ4n) is 5.39. The smallest absolute Gasteiger partial charge is 0.338 e. The van der Waals surface area contributed by atoms with E-state index in [9.17, 15) is 28.4 Å². The number of fused-ring (bicyclic) bond motifs is 1. The summed E-state index contributed by atoms with van der Waals surface area (Å²) >= 11 is 0. The molecule has 230 valence electrons. The second-order valence-electron chi connectivity index (χ2n) is 11.3. The van der Waals surface area contributed by atoms with Crippen LogP contribution in [0.2, 0.25) is 0 Å². The van der Waals surface area contributed by atoms with Crippen molar-refractivity contribution in [1.82, 2.24) is 20.9 Å². The number of nitrogens with one attached hydrogen (secondary N) is 3. The van der Waals surface area contributed by atoms with E-state index in [0.717, 1.165) is 0 Å². The molecule has 2 saturated heterocycles. The van der Waals surface area contributed by atoms with Crippen LogP contribution < -0.4 is 16.0 Å². The summed E-state index contributed by atoms with van der Waals surface area (Å²) in [6, 6.07) is 11.6. The third kappa shape index (κ3) is 7.97. The zero-order chi connectivity index (χ0) is 31.0. The molecule has 11 heteroatoms. The Kier molecular flexibility index (Phi) is 10.5. The van der Waals surface area contributed by atoms with Gasteiger partial charge in [-0.15, -0.1) is 0 Å². The van der Waals surface area contributed by atoms with Crippen molar-refractivity contribution in [3.63, 3.8) is 0 Å². The van der Waals surface area contributed by atoms with Gasteiger partial charge in [0.25, 0.3) is 0 Å². The third-order valence-corrected chi connectivity index (χ3v) is 8.14. The summed E-state index contributed by atoms with van der Waals surface area (Å²) in [4.78, 5) is 68.0. The van der Waals surface area contributed by atoms with Crippen molar-refractivity contribution in [2.75, 3.05) is 13.2 Å². The third-order valence-electron chi connectivity index (χ3n) is 8.14. The molecule has 10 nitrogen and oxygen atoms in total. The Labute approximate surface area is 250 Å². The highest BCUT2D eigenvalue weighted by Crippen LogP contribution is 2.22. The number of unbranched alkanes of at least 4 members (excludes halogenated alkanes) is 1. The molecule has 2 aliphatic heterocycles. The molecule has 0 bridgehead atoms. The molecule has 3 N–H and O–H groups in total. The molecule has 0 unspecified atom stereocenters. The van der Waals surface area contributed by atoms with E-state index in [1.54, 1.807) is 50.2 Å². The van der Waals surface area contributed by atoms with E-state index in [-0.39, 0.29) is 25.9 Å². The van der Waals surface area contributed by atoms with Gasteiger partial charge in [0.2, 0.25) is 23.6 Å². The monoisotopic (exact) mass is 594 g/mol. The fraction of sp³-hybridized carbons (Fsp3) is 0.469. The molecule has 4 amide bonds. The van der Waals surface area contributed by atoms with Gasteiger partial charge in [0, 0.05) is 13.0 Å². The summed E-state index contributed by atoms with van der Waals surface area (Å²) in [6.45, 7) is 3.76. The molecule has 0 aliphatic carbocycles. The Hall–Kier alpha value is -4.28. The SMILES string of the molecule is CC[C@]1(C)NC(=O)[C@H](CCCCOC(=O)c2ccccc2)NC(=O)[C@H]2CCCN2C(=O)[C@H](Cc2cccc(F)c2)NC1=O. The van der Waals surface area contributed by atoms with Crippen LogP contribution in [-0.4, -0.2) is 71.3 Å². The molecular formula is C32H39FN4O6. The van der Waals surface area contributed by atoms with Gasteiger partial charge in [0.15, 0.2) is 0 Å². The van der Waals surface area contributed by atoms with E-state index < -0.39 is 59.1 Å². The normalized spacial score (nSPS) is 24.6. The van der Waals surface area contributed by atoms with Crippen molar-refractivity contribution in [2.45, 2.75) is 82.5 Å². The van der Waals surface area contributed by atoms with Crippen LogP contribution in [0.1, 0.15) is 68.3 Å². The van der Waals surface area contributed by atoms with Crippen molar-refractivity contribution in [1.29, 1.82) is 0 Å². The predicted octanol–water partition coefficient (Wildman–Crippen LogP) is 2.65. The minimum atomic E-state index is -1.38. The van der Waals surface area contributed by atoms with Crippen molar-refractivity contribution in [3.8, 4) is 0 Å².